The van der Waals surface area contributed by atoms with Crippen LogP contribution in [0.3, 0.4) is 0 Å². The maximum Gasteiger partial charge on any atom is 0.312 e. The Hall–Kier alpha value is -1.68. The van der Waals surface area contributed by atoms with Gasteiger partial charge in [0, 0.05) is 4.83 Å². The number of esters is 1. The minimum atomic E-state index is -1.21. The van der Waals surface area contributed by atoms with E-state index in [9.17, 15) is 19.5 Å². The first-order valence-corrected chi connectivity index (χ1v) is 11.5. The second kappa shape index (κ2) is 8.35. The highest BCUT2D eigenvalue weighted by molar-refractivity contribution is 9.09. The standard InChI is InChI=1S/C21H24BrClN2O6/c1-3-30-20(29)14-15-19(28)25(10(2)9-26)17(21(15)8-11(22)16(14)31-21)18(27)24-13-7-5-4-6-12(13)23/h4-7,10-11,14-17,26H,3,8-9H2,1-2H3,(H,24,27)/t10-,11?,14+,15+,16+,17?,21?/m1/s1. The van der Waals surface area contributed by atoms with Crippen molar-refractivity contribution >= 4 is 51.0 Å². The Morgan fingerprint density at radius 1 is 1.45 bits per heavy atom. The van der Waals surface area contributed by atoms with Crippen molar-refractivity contribution in [2.75, 3.05) is 18.5 Å². The highest BCUT2D eigenvalue weighted by Gasteiger charge is 2.77. The summed E-state index contributed by atoms with van der Waals surface area (Å²) in [5.41, 5.74) is -0.801. The molecule has 1 aromatic rings. The zero-order valence-corrected chi connectivity index (χ0v) is 19.4. The van der Waals surface area contributed by atoms with Gasteiger partial charge >= 0.3 is 5.97 Å². The van der Waals surface area contributed by atoms with Gasteiger partial charge in [-0.15, -0.1) is 0 Å². The number of likely N-dealkylation sites (tertiary alicyclic amines) is 1. The molecule has 0 aliphatic carbocycles. The van der Waals surface area contributed by atoms with Crippen LogP contribution in [-0.4, -0.2) is 69.6 Å². The van der Waals surface area contributed by atoms with Crippen molar-refractivity contribution in [3.05, 3.63) is 29.3 Å². The Bertz CT molecular complexity index is 916. The van der Waals surface area contributed by atoms with Gasteiger partial charge in [0.2, 0.25) is 11.8 Å². The number of anilines is 1. The van der Waals surface area contributed by atoms with Gasteiger partial charge in [0.25, 0.3) is 0 Å². The molecule has 2 N–H and O–H groups in total. The summed E-state index contributed by atoms with van der Waals surface area (Å²) in [7, 11) is 0. The number of fused-ring (bicyclic) bond motifs is 1. The van der Waals surface area contributed by atoms with Crippen LogP contribution in [0.15, 0.2) is 24.3 Å². The molecular weight excluding hydrogens is 492 g/mol. The number of ether oxygens (including phenoxy) is 2. The molecule has 1 aromatic carbocycles. The van der Waals surface area contributed by atoms with Gasteiger partial charge in [-0.3, -0.25) is 14.4 Å². The minimum Gasteiger partial charge on any atom is -0.466 e. The number of hydrogen-bond acceptors (Lipinski definition) is 6. The fourth-order valence-electron chi connectivity index (χ4n) is 5.20. The number of carbonyl (C=O) groups excluding carboxylic acids is 3. The molecule has 0 aromatic heterocycles. The molecule has 10 heteroatoms. The average molecular weight is 516 g/mol. The Kier molecular flexibility index (Phi) is 6.06. The van der Waals surface area contributed by atoms with Crippen LogP contribution in [0.5, 0.6) is 0 Å². The first kappa shape index (κ1) is 22.5. The lowest BCUT2D eigenvalue weighted by Gasteiger charge is -2.35. The van der Waals surface area contributed by atoms with Gasteiger partial charge in [0.05, 0.1) is 47.9 Å². The van der Waals surface area contributed by atoms with E-state index >= 15 is 0 Å². The molecule has 2 bridgehead atoms. The van der Waals surface area contributed by atoms with Gasteiger partial charge in [-0.05, 0) is 32.4 Å². The van der Waals surface area contributed by atoms with Crippen molar-refractivity contribution < 1.29 is 29.0 Å². The molecule has 0 saturated carbocycles. The Balaban J connectivity index is 1.76. The molecule has 3 unspecified atom stereocenters. The maximum absolute atomic E-state index is 13.5. The SMILES string of the molecule is CCOC(=O)[C@H]1[C@H]2C(=O)N([C@H](C)CO)C(C(=O)Nc3ccccc3Cl)C23CC(Br)[C@@H]1O3. The average Bonchev–Trinajstić information content (AvgIpc) is 3.32. The lowest BCUT2D eigenvalue weighted by Crippen LogP contribution is -2.56. The molecule has 3 fully saturated rings. The number of aliphatic hydroxyl groups is 1. The van der Waals surface area contributed by atoms with Crippen LogP contribution in [0.25, 0.3) is 0 Å². The van der Waals surface area contributed by atoms with Crippen LogP contribution < -0.4 is 5.32 Å². The number of alkyl halides is 1. The molecule has 4 rings (SSSR count). The molecule has 1 spiro atoms. The van der Waals surface area contributed by atoms with Crippen LogP contribution in [0.4, 0.5) is 5.69 Å². The number of rotatable bonds is 6. The van der Waals surface area contributed by atoms with Gasteiger partial charge in [0.1, 0.15) is 11.6 Å². The smallest absolute Gasteiger partial charge is 0.312 e. The zero-order chi connectivity index (χ0) is 22.5. The van der Waals surface area contributed by atoms with Crippen LogP contribution in [0.2, 0.25) is 5.02 Å². The fourth-order valence-corrected chi connectivity index (χ4v) is 6.33. The molecule has 3 saturated heterocycles. The van der Waals surface area contributed by atoms with Crippen molar-refractivity contribution in [3.63, 3.8) is 0 Å². The summed E-state index contributed by atoms with van der Waals surface area (Å²) in [4.78, 5) is 41.0. The number of benzene rings is 1. The highest BCUT2D eigenvalue weighted by atomic mass is 79.9. The molecule has 3 aliphatic heterocycles. The van der Waals surface area contributed by atoms with E-state index in [2.05, 4.69) is 21.2 Å². The van der Waals surface area contributed by atoms with Crippen molar-refractivity contribution in [1.82, 2.24) is 4.90 Å². The molecule has 3 heterocycles. The van der Waals surface area contributed by atoms with Crippen molar-refractivity contribution in [2.45, 2.75) is 48.9 Å². The lowest BCUT2D eigenvalue weighted by atomic mass is 9.70. The van der Waals surface area contributed by atoms with Crippen LogP contribution in [0, 0.1) is 11.8 Å². The Morgan fingerprint density at radius 3 is 2.81 bits per heavy atom. The molecule has 7 atom stereocenters. The molecular formula is C21H24BrClN2O6. The van der Waals surface area contributed by atoms with E-state index in [0.29, 0.717) is 17.1 Å². The van der Waals surface area contributed by atoms with Gasteiger partial charge in [-0.1, -0.05) is 39.7 Å². The number of aliphatic hydroxyl groups excluding tert-OH is 1. The summed E-state index contributed by atoms with van der Waals surface area (Å²) >= 11 is 9.78. The Labute approximate surface area is 193 Å². The van der Waals surface area contributed by atoms with Gasteiger partial charge in [0.15, 0.2) is 0 Å². The van der Waals surface area contributed by atoms with E-state index < -0.39 is 47.5 Å². The van der Waals surface area contributed by atoms with E-state index in [-0.39, 0.29) is 23.9 Å². The van der Waals surface area contributed by atoms with Crippen molar-refractivity contribution in [3.8, 4) is 0 Å². The number of halogens is 2. The molecule has 31 heavy (non-hydrogen) atoms. The third-order valence-corrected chi connectivity index (χ3v) is 7.58. The van der Waals surface area contributed by atoms with Gasteiger partial charge in [-0.2, -0.15) is 0 Å². The normalized spacial score (nSPS) is 34.5. The third-order valence-electron chi connectivity index (χ3n) is 6.40. The maximum atomic E-state index is 13.5. The molecule has 168 valence electrons. The summed E-state index contributed by atoms with van der Waals surface area (Å²) in [5.74, 6) is -3.06. The summed E-state index contributed by atoms with van der Waals surface area (Å²) in [5, 5.41) is 13.0. The first-order valence-electron chi connectivity index (χ1n) is 10.2. The second-order valence-corrected chi connectivity index (χ2v) is 9.75. The lowest BCUT2D eigenvalue weighted by molar-refractivity contribution is -0.155. The van der Waals surface area contributed by atoms with Gasteiger partial charge < -0.3 is 24.8 Å². The first-order chi connectivity index (χ1) is 14.8. The van der Waals surface area contributed by atoms with Gasteiger partial charge in [-0.25, -0.2) is 0 Å². The summed E-state index contributed by atoms with van der Waals surface area (Å²) < 4.78 is 11.5. The number of para-hydroxylation sites is 1. The predicted molar refractivity (Wildman–Crippen MR) is 116 cm³/mol. The topological polar surface area (TPSA) is 105 Å². The summed E-state index contributed by atoms with van der Waals surface area (Å²) in [6.07, 6.45) is -0.200. The fraction of sp³-hybridized carbons (Fsp3) is 0.571. The van der Waals surface area contributed by atoms with E-state index in [1.54, 1.807) is 38.1 Å². The minimum absolute atomic E-state index is 0.177. The summed E-state index contributed by atoms with van der Waals surface area (Å²) in [6.45, 7) is 3.19. The van der Waals surface area contributed by atoms with Crippen LogP contribution in [0.1, 0.15) is 20.3 Å². The van der Waals surface area contributed by atoms with Crippen molar-refractivity contribution in [2.24, 2.45) is 11.8 Å². The van der Waals surface area contributed by atoms with Crippen molar-refractivity contribution in [1.29, 1.82) is 0 Å². The zero-order valence-electron chi connectivity index (χ0n) is 17.1. The monoisotopic (exact) mass is 514 g/mol. The second-order valence-electron chi connectivity index (χ2n) is 8.16. The largest absolute Gasteiger partial charge is 0.466 e. The number of amides is 2. The van der Waals surface area contributed by atoms with E-state index in [4.69, 9.17) is 21.1 Å². The third kappa shape index (κ3) is 3.37. The van der Waals surface area contributed by atoms with Crippen LogP contribution in [-0.2, 0) is 23.9 Å². The summed E-state index contributed by atoms with van der Waals surface area (Å²) in [6, 6.07) is 5.11. The molecule has 0 radical (unpaired) electrons. The van der Waals surface area contributed by atoms with E-state index in [1.165, 1.54) is 4.90 Å². The highest BCUT2D eigenvalue weighted by Crippen LogP contribution is 2.60. The molecule has 8 nitrogen and oxygen atoms in total. The Morgan fingerprint density at radius 2 is 2.16 bits per heavy atom. The molecule has 2 amide bonds. The number of hydrogen-bond donors (Lipinski definition) is 2. The quantitative estimate of drug-likeness (QED) is 0.443. The van der Waals surface area contributed by atoms with E-state index in [0.717, 1.165) is 0 Å². The van der Waals surface area contributed by atoms with E-state index in [1.807, 2.05) is 0 Å². The predicted octanol–water partition coefficient (Wildman–Crippen LogP) is 1.97. The number of nitrogens with zero attached hydrogens (tertiary/aromatic N) is 1. The number of carbonyl (C=O) groups is 3. The molecule has 3 aliphatic rings. The van der Waals surface area contributed by atoms with Crippen LogP contribution >= 0.6 is 27.5 Å². The number of nitrogens with one attached hydrogen (secondary N) is 1.